The second-order valence-electron chi connectivity index (χ2n) is 4.46. The molecular weight excluding hydrogens is 218 g/mol. The molecule has 0 spiro atoms. The Morgan fingerprint density at radius 1 is 1.47 bits per heavy atom. The van der Waals surface area contributed by atoms with Crippen molar-refractivity contribution in [3.63, 3.8) is 0 Å². The van der Waals surface area contributed by atoms with Crippen LogP contribution in [0.15, 0.2) is 18.7 Å². The van der Waals surface area contributed by atoms with Gasteiger partial charge in [-0.1, -0.05) is 6.42 Å². The summed E-state index contributed by atoms with van der Waals surface area (Å²) in [6.45, 7) is 0.230. The van der Waals surface area contributed by atoms with E-state index in [0.29, 0.717) is 5.92 Å². The van der Waals surface area contributed by atoms with Crippen LogP contribution in [0.2, 0.25) is 0 Å². The summed E-state index contributed by atoms with van der Waals surface area (Å²) in [4.78, 5) is 4.30. The van der Waals surface area contributed by atoms with Crippen LogP contribution in [0.5, 0.6) is 0 Å². The quantitative estimate of drug-likeness (QED) is 0.816. The molecule has 0 saturated heterocycles. The van der Waals surface area contributed by atoms with Crippen LogP contribution in [0.1, 0.15) is 19.3 Å². The third-order valence-electron chi connectivity index (χ3n) is 3.43. The highest BCUT2D eigenvalue weighted by Gasteiger charge is 2.27. The van der Waals surface area contributed by atoms with Gasteiger partial charge in [-0.25, -0.2) is 4.98 Å². The molecule has 17 heavy (non-hydrogen) atoms. The van der Waals surface area contributed by atoms with Crippen LogP contribution < -0.4 is 5.32 Å². The Bertz CT molecular complexity index is 511. The highest BCUT2D eigenvalue weighted by Crippen LogP contribution is 2.28. The van der Waals surface area contributed by atoms with Gasteiger partial charge in [-0.3, -0.25) is 4.40 Å². The molecule has 0 bridgehead atoms. The van der Waals surface area contributed by atoms with Crippen LogP contribution in [0.3, 0.4) is 0 Å². The minimum Gasteiger partial charge on any atom is -0.396 e. The molecule has 6 heteroatoms. The maximum absolute atomic E-state index is 9.29. The van der Waals surface area contributed by atoms with E-state index in [0.717, 1.165) is 30.7 Å². The molecule has 1 fully saturated rings. The molecule has 0 amide bonds. The Hall–Kier alpha value is -1.69. The fourth-order valence-electron chi connectivity index (χ4n) is 2.48. The fraction of sp³-hybridized carbons (Fsp3) is 0.545. The molecule has 2 atom stereocenters. The van der Waals surface area contributed by atoms with Crippen LogP contribution in [0.4, 0.5) is 5.82 Å². The predicted octanol–water partition coefficient (Wildman–Crippen LogP) is 0.697. The van der Waals surface area contributed by atoms with Crippen molar-refractivity contribution >= 4 is 11.5 Å². The van der Waals surface area contributed by atoms with E-state index in [4.69, 9.17) is 0 Å². The highest BCUT2D eigenvalue weighted by molar-refractivity contribution is 5.61. The average molecular weight is 233 g/mol. The molecule has 2 aromatic heterocycles. The van der Waals surface area contributed by atoms with E-state index in [1.165, 1.54) is 0 Å². The van der Waals surface area contributed by atoms with Crippen LogP contribution >= 0.6 is 0 Å². The summed E-state index contributed by atoms with van der Waals surface area (Å²) >= 11 is 0. The number of fused-ring (bicyclic) bond motifs is 1. The molecule has 6 nitrogen and oxygen atoms in total. The normalized spacial score (nSPS) is 24.3. The van der Waals surface area contributed by atoms with Gasteiger partial charge < -0.3 is 10.4 Å². The molecule has 1 saturated carbocycles. The maximum Gasteiger partial charge on any atom is 0.203 e. The number of nitrogens with one attached hydrogen (secondary N) is 1. The van der Waals surface area contributed by atoms with Crippen molar-refractivity contribution in [2.24, 2.45) is 5.92 Å². The third kappa shape index (κ3) is 1.84. The number of nitrogens with zero attached hydrogens (tertiary/aromatic N) is 4. The SMILES string of the molecule is OCC1CCCC1Nc1nccn2cnnc12. The Morgan fingerprint density at radius 2 is 2.41 bits per heavy atom. The topological polar surface area (TPSA) is 75.3 Å². The van der Waals surface area contributed by atoms with Crippen molar-refractivity contribution in [2.75, 3.05) is 11.9 Å². The molecule has 2 heterocycles. The van der Waals surface area contributed by atoms with Gasteiger partial charge in [-0.05, 0) is 12.8 Å². The maximum atomic E-state index is 9.29. The standard InChI is InChI=1S/C11H15N5O/c17-6-8-2-1-3-9(8)14-10-11-15-13-7-16(11)5-4-12-10/h4-5,7-9,17H,1-3,6H2,(H,12,14). The Kier molecular flexibility index (Phi) is 2.64. The number of hydrogen-bond donors (Lipinski definition) is 2. The van der Waals surface area contributed by atoms with Gasteiger partial charge in [0, 0.05) is 31.0 Å². The Labute approximate surface area is 98.7 Å². The lowest BCUT2D eigenvalue weighted by Gasteiger charge is -2.19. The van der Waals surface area contributed by atoms with Crippen LogP contribution in [-0.4, -0.2) is 37.3 Å². The first kappa shape index (κ1) is 10.5. The lowest BCUT2D eigenvalue weighted by atomic mass is 10.1. The monoisotopic (exact) mass is 233 g/mol. The second kappa shape index (κ2) is 4.29. The zero-order chi connectivity index (χ0) is 11.7. The highest BCUT2D eigenvalue weighted by atomic mass is 16.3. The molecule has 2 N–H and O–H groups in total. The number of hydrogen-bond acceptors (Lipinski definition) is 5. The lowest BCUT2D eigenvalue weighted by molar-refractivity contribution is 0.222. The van der Waals surface area contributed by atoms with E-state index in [1.807, 2.05) is 10.6 Å². The van der Waals surface area contributed by atoms with Crippen molar-refractivity contribution < 1.29 is 5.11 Å². The van der Waals surface area contributed by atoms with E-state index < -0.39 is 0 Å². The third-order valence-corrected chi connectivity index (χ3v) is 3.43. The van der Waals surface area contributed by atoms with Gasteiger partial charge in [-0.2, -0.15) is 0 Å². The Balaban J connectivity index is 1.87. The van der Waals surface area contributed by atoms with Crippen molar-refractivity contribution in [1.29, 1.82) is 0 Å². The summed E-state index contributed by atoms with van der Waals surface area (Å²) in [5.41, 5.74) is 0.732. The summed E-state index contributed by atoms with van der Waals surface area (Å²) in [5, 5.41) is 20.6. The molecule has 0 radical (unpaired) electrons. The van der Waals surface area contributed by atoms with Crippen molar-refractivity contribution in [1.82, 2.24) is 19.6 Å². The predicted molar refractivity (Wildman–Crippen MR) is 62.6 cm³/mol. The van der Waals surface area contributed by atoms with Gasteiger partial charge in [0.1, 0.15) is 6.33 Å². The molecule has 1 aliphatic rings. The van der Waals surface area contributed by atoms with E-state index in [-0.39, 0.29) is 12.6 Å². The van der Waals surface area contributed by atoms with E-state index in [1.54, 1.807) is 12.5 Å². The zero-order valence-electron chi connectivity index (χ0n) is 9.45. The second-order valence-corrected chi connectivity index (χ2v) is 4.46. The van der Waals surface area contributed by atoms with Gasteiger partial charge in [-0.15, -0.1) is 10.2 Å². The van der Waals surface area contributed by atoms with E-state index in [2.05, 4.69) is 20.5 Å². The molecule has 1 aliphatic carbocycles. The smallest absolute Gasteiger partial charge is 0.203 e. The zero-order valence-corrected chi connectivity index (χ0v) is 9.45. The summed E-state index contributed by atoms with van der Waals surface area (Å²) in [6.07, 6.45) is 8.49. The molecular formula is C11H15N5O. The summed E-state index contributed by atoms with van der Waals surface area (Å²) in [5.74, 6) is 1.07. The van der Waals surface area contributed by atoms with Crippen LogP contribution in [-0.2, 0) is 0 Å². The Morgan fingerprint density at radius 3 is 3.29 bits per heavy atom. The molecule has 0 aliphatic heterocycles. The first-order chi connectivity index (χ1) is 8.38. The van der Waals surface area contributed by atoms with Gasteiger partial charge in [0.05, 0.1) is 0 Å². The van der Waals surface area contributed by atoms with Gasteiger partial charge >= 0.3 is 0 Å². The van der Waals surface area contributed by atoms with Crippen LogP contribution in [0.25, 0.3) is 5.65 Å². The van der Waals surface area contributed by atoms with Crippen molar-refractivity contribution in [3.05, 3.63) is 18.7 Å². The average Bonchev–Trinajstić information content (AvgIpc) is 2.97. The van der Waals surface area contributed by atoms with Crippen LogP contribution in [0, 0.1) is 5.92 Å². The molecule has 2 aromatic rings. The van der Waals surface area contributed by atoms with Gasteiger partial charge in [0.2, 0.25) is 5.65 Å². The largest absolute Gasteiger partial charge is 0.396 e. The minimum absolute atomic E-state index is 0.230. The first-order valence-electron chi connectivity index (χ1n) is 5.90. The number of aromatic nitrogens is 4. The molecule has 0 aromatic carbocycles. The minimum atomic E-state index is 0.230. The lowest BCUT2D eigenvalue weighted by Crippen LogP contribution is -2.27. The van der Waals surface area contributed by atoms with Crippen molar-refractivity contribution in [3.8, 4) is 0 Å². The number of aliphatic hydroxyl groups excluding tert-OH is 1. The number of anilines is 1. The van der Waals surface area contributed by atoms with E-state index >= 15 is 0 Å². The van der Waals surface area contributed by atoms with E-state index in [9.17, 15) is 5.11 Å². The fourth-order valence-corrected chi connectivity index (χ4v) is 2.48. The number of aliphatic hydroxyl groups is 1. The molecule has 90 valence electrons. The summed E-state index contributed by atoms with van der Waals surface area (Å²) in [6, 6.07) is 0.287. The van der Waals surface area contributed by atoms with Gasteiger partial charge in [0.25, 0.3) is 0 Å². The van der Waals surface area contributed by atoms with Gasteiger partial charge in [0.15, 0.2) is 5.82 Å². The summed E-state index contributed by atoms with van der Waals surface area (Å²) < 4.78 is 1.83. The molecule has 2 unspecified atom stereocenters. The summed E-state index contributed by atoms with van der Waals surface area (Å²) in [7, 11) is 0. The number of rotatable bonds is 3. The first-order valence-corrected chi connectivity index (χ1v) is 5.90. The molecule has 3 rings (SSSR count). The van der Waals surface area contributed by atoms with Crippen molar-refractivity contribution in [2.45, 2.75) is 25.3 Å².